The van der Waals surface area contributed by atoms with Gasteiger partial charge >= 0.3 is 0 Å². The van der Waals surface area contributed by atoms with Gasteiger partial charge in [0.25, 0.3) is 0 Å². The summed E-state index contributed by atoms with van der Waals surface area (Å²) in [6, 6.07) is 0. The Morgan fingerprint density at radius 2 is 1.97 bits per heavy atom. The van der Waals surface area contributed by atoms with Gasteiger partial charge in [-0.15, -0.1) is 0 Å². The molecule has 0 bridgehead atoms. The van der Waals surface area contributed by atoms with Crippen molar-refractivity contribution in [3.63, 3.8) is 0 Å². The number of rotatable bonds is 4. The minimum Gasteiger partial charge on any atom is -0.390 e. The molecule has 4 nitrogen and oxygen atoms in total. The second kappa shape index (κ2) is 7.35. The molecule has 0 aromatic carbocycles. The zero-order valence-electron chi connectivity index (χ0n) is 21.8. The van der Waals surface area contributed by atoms with Gasteiger partial charge in [0.2, 0.25) is 0 Å². The van der Waals surface area contributed by atoms with Gasteiger partial charge in [0.1, 0.15) is 5.78 Å². The summed E-state index contributed by atoms with van der Waals surface area (Å²) < 4.78 is 17.6. The number of hydrogen-bond donors (Lipinski definition) is 1. The van der Waals surface area contributed by atoms with Crippen LogP contribution in [-0.2, 0) is 9.59 Å². The highest BCUT2D eigenvalue weighted by Crippen LogP contribution is 2.79. The van der Waals surface area contributed by atoms with Crippen LogP contribution in [0.2, 0.25) is 0 Å². The van der Waals surface area contributed by atoms with E-state index in [0.717, 1.165) is 38.0 Å². The molecule has 1 aliphatic heterocycles. The summed E-state index contributed by atoms with van der Waals surface area (Å²) in [5, 5.41) is 11.7. The monoisotopic (exact) mass is 471 g/mol. The molecule has 0 aromatic rings. The van der Waals surface area contributed by atoms with Crippen molar-refractivity contribution < 1.29 is 19.1 Å². The first-order valence-electron chi connectivity index (χ1n) is 13.3. The number of ketones is 2. The minimum absolute atomic E-state index is 0.0942. The molecule has 1 N–H and O–H groups in total. The SMILES string of the molecule is CC(=O)C12CN(CCC(C)C)CC1CC1(C)C3CCC4=CC(=O)C=CC4(C)C3(F)C(O)CC12C. The first-order valence-corrected chi connectivity index (χ1v) is 13.3. The zero-order chi connectivity index (χ0) is 24.9. The van der Waals surface area contributed by atoms with Crippen molar-refractivity contribution in [2.24, 2.45) is 39.4 Å². The van der Waals surface area contributed by atoms with Gasteiger partial charge in [0, 0.05) is 24.4 Å². The topological polar surface area (TPSA) is 57.6 Å². The van der Waals surface area contributed by atoms with Crippen LogP contribution in [0.4, 0.5) is 4.39 Å². The number of carbonyl (C=O) groups is 2. The van der Waals surface area contributed by atoms with Crippen LogP contribution in [0.3, 0.4) is 0 Å². The minimum atomic E-state index is -1.85. The van der Waals surface area contributed by atoms with Crippen molar-refractivity contribution in [2.75, 3.05) is 19.6 Å². The summed E-state index contributed by atoms with van der Waals surface area (Å²) in [7, 11) is 0. The summed E-state index contributed by atoms with van der Waals surface area (Å²) >= 11 is 0. The van der Waals surface area contributed by atoms with E-state index in [9.17, 15) is 14.7 Å². The van der Waals surface area contributed by atoms with E-state index in [1.54, 1.807) is 19.1 Å². The molecule has 8 unspecified atom stereocenters. The standard InChI is InChI=1S/C29H42FNO3/c1-18(2)10-12-31-16-21-14-26(5)23-8-7-20-13-22(33)9-11-25(20,4)29(23,30)24(34)15-27(26,6)28(21,17-31)19(3)32/h9,11,13,18,21,23-24,34H,7-8,10,12,14-17H2,1-6H3. The average molecular weight is 472 g/mol. The Labute approximate surface area is 204 Å². The number of carbonyl (C=O) groups excluding carboxylic acids is 2. The van der Waals surface area contributed by atoms with E-state index in [1.807, 2.05) is 6.92 Å². The molecule has 8 atom stereocenters. The largest absolute Gasteiger partial charge is 0.390 e. The number of likely N-dealkylation sites (tertiary alicyclic amines) is 1. The average Bonchev–Trinajstić information content (AvgIpc) is 3.20. The van der Waals surface area contributed by atoms with Gasteiger partial charge in [-0.2, -0.15) is 0 Å². The predicted octanol–water partition coefficient (Wildman–Crippen LogP) is 4.91. The van der Waals surface area contributed by atoms with Crippen LogP contribution < -0.4 is 0 Å². The summed E-state index contributed by atoms with van der Waals surface area (Å²) in [5.41, 5.74) is -3.45. The first-order chi connectivity index (χ1) is 15.8. The molecule has 1 saturated heterocycles. The van der Waals surface area contributed by atoms with E-state index in [4.69, 9.17) is 0 Å². The Morgan fingerprint density at radius 3 is 2.62 bits per heavy atom. The second-order valence-electron chi connectivity index (χ2n) is 13.3. The van der Waals surface area contributed by atoms with Crippen LogP contribution >= 0.6 is 0 Å². The lowest BCUT2D eigenvalue weighted by Gasteiger charge is -2.67. The maximum absolute atomic E-state index is 17.6. The lowest BCUT2D eigenvalue weighted by molar-refractivity contribution is -0.236. The lowest BCUT2D eigenvalue weighted by atomic mass is 9.38. The molecule has 4 aliphatic carbocycles. The Balaban J connectivity index is 1.58. The smallest absolute Gasteiger partial charge is 0.178 e. The van der Waals surface area contributed by atoms with Crippen molar-refractivity contribution in [1.82, 2.24) is 4.90 Å². The summed E-state index contributed by atoms with van der Waals surface area (Å²) in [5.74, 6) is 0.553. The molecule has 188 valence electrons. The molecular weight excluding hydrogens is 429 g/mol. The van der Waals surface area contributed by atoms with Crippen LogP contribution in [0.25, 0.3) is 0 Å². The number of halogens is 1. The van der Waals surface area contributed by atoms with Crippen molar-refractivity contribution in [3.05, 3.63) is 23.8 Å². The lowest BCUT2D eigenvalue weighted by Crippen LogP contribution is -2.71. The number of aliphatic hydroxyl groups excluding tert-OH is 1. The van der Waals surface area contributed by atoms with Gasteiger partial charge in [-0.05, 0) is 87.3 Å². The van der Waals surface area contributed by atoms with E-state index in [0.29, 0.717) is 18.8 Å². The van der Waals surface area contributed by atoms with Crippen molar-refractivity contribution in [3.8, 4) is 0 Å². The van der Waals surface area contributed by atoms with E-state index in [2.05, 4.69) is 32.6 Å². The van der Waals surface area contributed by atoms with E-state index in [1.165, 1.54) is 6.08 Å². The third-order valence-corrected chi connectivity index (χ3v) is 11.6. The van der Waals surface area contributed by atoms with E-state index in [-0.39, 0.29) is 29.8 Å². The molecule has 0 aromatic heterocycles. The van der Waals surface area contributed by atoms with Crippen LogP contribution in [0, 0.1) is 39.4 Å². The highest BCUT2D eigenvalue weighted by Gasteiger charge is 2.80. The quantitative estimate of drug-likeness (QED) is 0.633. The maximum atomic E-state index is 17.6. The predicted molar refractivity (Wildman–Crippen MR) is 131 cm³/mol. The highest BCUT2D eigenvalue weighted by atomic mass is 19.1. The van der Waals surface area contributed by atoms with Gasteiger partial charge in [0.15, 0.2) is 11.5 Å². The van der Waals surface area contributed by atoms with Crippen molar-refractivity contribution >= 4 is 11.6 Å². The van der Waals surface area contributed by atoms with Crippen LogP contribution in [-0.4, -0.2) is 53.0 Å². The molecule has 1 heterocycles. The third-order valence-electron chi connectivity index (χ3n) is 11.6. The van der Waals surface area contributed by atoms with Gasteiger partial charge in [-0.3, -0.25) is 9.59 Å². The van der Waals surface area contributed by atoms with Crippen molar-refractivity contribution in [1.29, 1.82) is 0 Å². The fourth-order valence-corrected chi connectivity index (χ4v) is 9.66. The number of fused-ring (bicyclic) bond motifs is 7. The second-order valence-corrected chi connectivity index (χ2v) is 13.3. The number of hydrogen-bond acceptors (Lipinski definition) is 4. The van der Waals surface area contributed by atoms with Gasteiger partial charge < -0.3 is 10.0 Å². The number of aliphatic hydroxyl groups is 1. The Kier molecular flexibility index (Phi) is 5.27. The molecule has 0 amide bonds. The molecule has 0 spiro atoms. The first kappa shape index (κ1) is 24.4. The fourth-order valence-electron chi connectivity index (χ4n) is 9.66. The van der Waals surface area contributed by atoms with Gasteiger partial charge in [0.05, 0.1) is 11.5 Å². The zero-order valence-corrected chi connectivity index (χ0v) is 21.8. The normalized spacial score (nSPS) is 50.0. The number of Topliss-reactive ketones (excluding diaryl/α,β-unsaturated/α-hetero) is 1. The van der Waals surface area contributed by atoms with Gasteiger partial charge in [-0.25, -0.2) is 4.39 Å². The number of allylic oxidation sites excluding steroid dienone is 4. The Morgan fingerprint density at radius 1 is 1.26 bits per heavy atom. The van der Waals surface area contributed by atoms with E-state index >= 15 is 4.39 Å². The van der Waals surface area contributed by atoms with Crippen molar-refractivity contribution in [2.45, 2.75) is 85.4 Å². The van der Waals surface area contributed by atoms with E-state index < -0.39 is 33.4 Å². The molecule has 5 rings (SSSR count). The van der Waals surface area contributed by atoms with Crippen LogP contribution in [0.1, 0.15) is 73.6 Å². The molecule has 5 heteroatoms. The fraction of sp³-hybridized carbons (Fsp3) is 0.793. The molecular formula is C29H42FNO3. The molecule has 0 radical (unpaired) electrons. The van der Waals surface area contributed by atoms with Crippen LogP contribution in [0.5, 0.6) is 0 Å². The highest BCUT2D eigenvalue weighted by molar-refractivity contribution is 6.01. The van der Waals surface area contributed by atoms with Crippen LogP contribution in [0.15, 0.2) is 23.8 Å². The number of nitrogens with zero attached hydrogens (tertiary/aromatic N) is 1. The van der Waals surface area contributed by atoms with Gasteiger partial charge in [-0.1, -0.05) is 39.3 Å². The molecule has 5 aliphatic rings. The Hall–Kier alpha value is -1.33. The summed E-state index contributed by atoms with van der Waals surface area (Å²) in [6.07, 6.45) is 7.09. The summed E-state index contributed by atoms with van der Waals surface area (Å²) in [6.45, 7) is 15.1. The summed E-state index contributed by atoms with van der Waals surface area (Å²) in [4.78, 5) is 28.1. The number of alkyl halides is 1. The molecule has 34 heavy (non-hydrogen) atoms. The third kappa shape index (κ3) is 2.66. The maximum Gasteiger partial charge on any atom is 0.178 e. The Bertz CT molecular complexity index is 988. The molecule has 4 fully saturated rings. The molecule has 3 saturated carbocycles.